The molecular weight excluding hydrogens is 300 g/mol. The molecule has 0 spiro atoms. The van der Waals surface area contributed by atoms with Crippen LogP contribution in [0.2, 0.25) is 0 Å². The van der Waals surface area contributed by atoms with E-state index < -0.39 is 17.1 Å². The van der Waals surface area contributed by atoms with Gasteiger partial charge in [0.25, 0.3) is 0 Å². The second kappa shape index (κ2) is 8.40. The van der Waals surface area contributed by atoms with Crippen LogP contribution in [0.4, 0.5) is 0 Å². The number of rotatable bonds is 2. The van der Waals surface area contributed by atoms with E-state index in [1.165, 1.54) is 0 Å². The summed E-state index contributed by atoms with van der Waals surface area (Å²) < 4.78 is 3.31. The molecule has 0 amide bonds. The Morgan fingerprint density at radius 3 is 1.47 bits per heavy atom. The maximum atomic E-state index is 4.71. The molecule has 4 heteroatoms. The maximum absolute atomic E-state index is 4.71. The van der Waals surface area contributed by atoms with Gasteiger partial charge in [-0.3, -0.25) is 0 Å². The summed E-state index contributed by atoms with van der Waals surface area (Å²) in [7, 11) is 0. The Hall–Kier alpha value is -0.697. The summed E-state index contributed by atoms with van der Waals surface area (Å²) in [5.74, 6) is 0. The van der Waals surface area contributed by atoms with Crippen molar-refractivity contribution in [3.8, 4) is 0 Å². The van der Waals surface area contributed by atoms with Crippen LogP contribution in [0.25, 0.3) is 0 Å². The van der Waals surface area contributed by atoms with Crippen molar-refractivity contribution in [2.24, 2.45) is 5.73 Å². The van der Waals surface area contributed by atoms with Crippen molar-refractivity contribution in [2.75, 3.05) is 0 Å². The van der Waals surface area contributed by atoms with Crippen LogP contribution in [0, 0.1) is 0 Å². The first-order valence-electron chi connectivity index (χ1n) is 5.24. The van der Waals surface area contributed by atoms with Crippen molar-refractivity contribution in [2.45, 2.75) is 0 Å². The van der Waals surface area contributed by atoms with Crippen LogP contribution < -0.4 is 14.0 Å². The molecule has 0 fully saturated rings. The molecule has 2 aromatic rings. The molecule has 0 aliphatic carbocycles. The number of thiol groups is 1. The van der Waals surface area contributed by atoms with Crippen LogP contribution in [-0.4, -0.2) is 4.32 Å². The van der Waals surface area contributed by atoms with E-state index >= 15 is 0 Å². The molecule has 0 radical (unpaired) electrons. The number of benzene rings is 2. The molecule has 2 N–H and O–H groups in total. The van der Waals surface area contributed by atoms with Crippen LogP contribution in [0.1, 0.15) is 0 Å². The van der Waals surface area contributed by atoms with E-state index in [9.17, 15) is 0 Å². The predicted molar refractivity (Wildman–Crippen MR) is 77.9 cm³/mol. The molecule has 0 aliphatic rings. The average Bonchev–Trinajstić information content (AvgIpc) is 2.31. The van der Waals surface area contributed by atoms with Crippen molar-refractivity contribution in [1.82, 2.24) is 0 Å². The number of hydrogen-bond acceptors (Lipinski definition) is 1. The van der Waals surface area contributed by atoms with Gasteiger partial charge in [-0.25, -0.2) is 0 Å². The fourth-order valence-electron chi connectivity index (χ4n) is 1.43. The van der Waals surface area contributed by atoms with E-state index in [4.69, 9.17) is 5.73 Å². The SMILES string of the molecule is NC(=S)S.c1cc[c]([Zn][c]2ccccc2)cc1. The van der Waals surface area contributed by atoms with Gasteiger partial charge < -0.3 is 5.73 Å². The minimum atomic E-state index is -0.676. The third kappa shape index (κ3) is 7.27. The van der Waals surface area contributed by atoms with Gasteiger partial charge in [-0.1, -0.05) is 12.2 Å². The topological polar surface area (TPSA) is 26.0 Å². The summed E-state index contributed by atoms with van der Waals surface area (Å²) in [5.41, 5.74) is 4.71. The van der Waals surface area contributed by atoms with E-state index in [-0.39, 0.29) is 4.32 Å². The molecule has 0 unspecified atom stereocenters. The second-order valence-corrected chi connectivity index (χ2v) is 8.88. The molecule has 0 saturated carbocycles. The molecule has 84 valence electrons. The molecule has 0 saturated heterocycles. The van der Waals surface area contributed by atoms with E-state index in [0.29, 0.717) is 0 Å². The molecule has 1 nitrogen and oxygen atoms in total. The van der Waals surface area contributed by atoms with Crippen molar-refractivity contribution in [3.63, 3.8) is 0 Å². The van der Waals surface area contributed by atoms with Gasteiger partial charge in [0, 0.05) is 0 Å². The standard InChI is InChI=1S/2C6H5.CH3NS2.Zn/c2*1-2-4-6-5-3-1;2-1(3)4;/h2*1-5H;(H3,2,3,4);. The molecule has 0 heterocycles. The van der Waals surface area contributed by atoms with Gasteiger partial charge in [-0.05, 0) is 0 Å². The van der Waals surface area contributed by atoms with Gasteiger partial charge >= 0.3 is 86.1 Å². The quantitative estimate of drug-likeness (QED) is 0.503. The van der Waals surface area contributed by atoms with Crippen molar-refractivity contribution in [1.29, 1.82) is 0 Å². The molecule has 0 bridgehead atoms. The fraction of sp³-hybridized carbons (Fsp3) is 0. The average molecular weight is 313 g/mol. The Bertz CT molecular complexity index is 404. The van der Waals surface area contributed by atoms with Gasteiger partial charge in [0.05, 0.1) is 0 Å². The number of thiocarbonyl (C=S) groups is 1. The second-order valence-electron chi connectivity index (χ2n) is 3.49. The van der Waals surface area contributed by atoms with E-state index in [2.05, 4.69) is 85.5 Å². The molecule has 17 heavy (non-hydrogen) atoms. The Balaban J connectivity index is 0.000000317. The molecule has 0 atom stereocenters. The summed E-state index contributed by atoms with van der Waals surface area (Å²) >= 11 is 6.98. The van der Waals surface area contributed by atoms with E-state index in [1.54, 1.807) is 8.32 Å². The Morgan fingerprint density at radius 1 is 0.882 bits per heavy atom. The predicted octanol–water partition coefficient (Wildman–Crippen LogP) is 1.88. The molecule has 2 rings (SSSR count). The summed E-state index contributed by atoms with van der Waals surface area (Å²) in [6.07, 6.45) is 0. The Morgan fingerprint density at radius 2 is 1.18 bits per heavy atom. The zero-order valence-corrected chi connectivity index (χ0v) is 14.1. The monoisotopic (exact) mass is 311 g/mol. The summed E-state index contributed by atoms with van der Waals surface area (Å²) in [6.45, 7) is 0. The number of hydrogen-bond donors (Lipinski definition) is 2. The molecule has 0 aromatic heterocycles. The summed E-state index contributed by atoms with van der Waals surface area (Å²) in [5, 5.41) is 0. The van der Waals surface area contributed by atoms with Crippen molar-refractivity contribution < 1.29 is 17.1 Å². The molecular formula is C13H13NS2Zn. The third-order valence-corrected chi connectivity index (χ3v) is 5.79. The van der Waals surface area contributed by atoms with Gasteiger partial charge in [0.2, 0.25) is 0 Å². The first-order valence-corrected chi connectivity index (χ1v) is 9.07. The Kier molecular flexibility index (Phi) is 7.10. The normalized spacial score (nSPS) is 8.53. The van der Waals surface area contributed by atoms with Crippen molar-refractivity contribution >= 4 is 37.5 Å². The van der Waals surface area contributed by atoms with Crippen LogP contribution >= 0.6 is 24.8 Å². The first-order chi connectivity index (χ1) is 8.18. The van der Waals surface area contributed by atoms with Crippen LogP contribution in [0.3, 0.4) is 0 Å². The van der Waals surface area contributed by atoms with Crippen LogP contribution in [-0.2, 0) is 17.1 Å². The Labute approximate surface area is 120 Å². The van der Waals surface area contributed by atoms with Crippen LogP contribution in [0.5, 0.6) is 0 Å². The van der Waals surface area contributed by atoms with Gasteiger partial charge in [-0.15, -0.1) is 12.6 Å². The van der Waals surface area contributed by atoms with E-state index in [1.807, 2.05) is 0 Å². The van der Waals surface area contributed by atoms with Crippen molar-refractivity contribution in [3.05, 3.63) is 60.7 Å². The fourth-order valence-corrected chi connectivity index (χ4v) is 4.55. The molecule has 0 aliphatic heterocycles. The molecule has 2 aromatic carbocycles. The van der Waals surface area contributed by atoms with E-state index in [0.717, 1.165) is 0 Å². The van der Waals surface area contributed by atoms with Crippen LogP contribution in [0.15, 0.2) is 60.7 Å². The van der Waals surface area contributed by atoms with Gasteiger partial charge in [0.15, 0.2) is 0 Å². The zero-order chi connectivity index (χ0) is 12.5. The minimum absolute atomic E-state index is 0.194. The van der Waals surface area contributed by atoms with Gasteiger partial charge in [-0.2, -0.15) is 0 Å². The summed E-state index contributed by atoms with van der Waals surface area (Å²) in [6, 6.07) is 21.6. The third-order valence-electron chi connectivity index (χ3n) is 2.09. The summed E-state index contributed by atoms with van der Waals surface area (Å²) in [4.78, 5) is 0. The zero-order valence-electron chi connectivity index (χ0n) is 9.41. The van der Waals surface area contributed by atoms with Gasteiger partial charge in [0.1, 0.15) is 4.32 Å². The first kappa shape index (κ1) is 14.4. The number of nitrogens with two attached hydrogens (primary N) is 1.